The van der Waals surface area contributed by atoms with Crippen molar-refractivity contribution in [3.8, 4) is 0 Å². The normalized spacial score (nSPS) is 17.5. The quantitative estimate of drug-likeness (QED) is 0.743. The van der Waals surface area contributed by atoms with Crippen LogP contribution in [0.1, 0.15) is 29.6 Å². The highest BCUT2D eigenvalue weighted by atomic mass is 32.2. The van der Waals surface area contributed by atoms with Crippen molar-refractivity contribution in [1.82, 2.24) is 4.72 Å². The molecule has 0 amide bonds. The summed E-state index contributed by atoms with van der Waals surface area (Å²) in [5.74, 6) is -2.38. The zero-order valence-electron chi connectivity index (χ0n) is 10.5. The lowest BCUT2D eigenvalue weighted by atomic mass is 9.78. The fourth-order valence-corrected chi connectivity index (χ4v) is 3.63. The zero-order chi connectivity index (χ0) is 15.0. The van der Waals surface area contributed by atoms with E-state index < -0.39 is 32.2 Å². The molecule has 1 saturated carbocycles. The predicted octanol–water partition coefficient (Wildman–Crippen LogP) is 0.717. The van der Waals surface area contributed by atoms with E-state index in [1.165, 1.54) is 0 Å². The van der Waals surface area contributed by atoms with E-state index in [1.54, 1.807) is 0 Å². The molecule has 1 fully saturated rings. The Morgan fingerprint density at radius 1 is 1.40 bits per heavy atom. The fourth-order valence-electron chi connectivity index (χ4n) is 2.08. The Morgan fingerprint density at radius 2 is 2.05 bits per heavy atom. The summed E-state index contributed by atoms with van der Waals surface area (Å²) in [5, 5.41) is 18.1. The number of carboxylic acids is 1. The number of carboxylic acid groups (broad SMARTS) is 1. The molecule has 1 aliphatic carbocycles. The highest BCUT2D eigenvalue weighted by Crippen LogP contribution is 2.33. The Bertz CT molecular complexity index is 634. The van der Waals surface area contributed by atoms with Gasteiger partial charge >= 0.3 is 5.97 Å². The molecule has 0 unspecified atom stereocenters. The maximum Gasteiger partial charge on any atom is 0.335 e. The van der Waals surface area contributed by atoms with E-state index >= 15 is 0 Å². The summed E-state index contributed by atoms with van der Waals surface area (Å²) in [6.45, 7) is -0.382. The molecule has 3 N–H and O–H groups in total. The molecule has 2 rings (SSSR count). The van der Waals surface area contributed by atoms with Crippen molar-refractivity contribution < 1.29 is 27.8 Å². The molecule has 0 saturated heterocycles. The lowest BCUT2D eigenvalue weighted by Gasteiger charge is -2.40. The number of halogens is 1. The van der Waals surface area contributed by atoms with Gasteiger partial charge in [0.1, 0.15) is 10.7 Å². The molecule has 0 aliphatic heterocycles. The maximum atomic E-state index is 13.7. The minimum Gasteiger partial charge on any atom is -0.478 e. The average Bonchev–Trinajstić information content (AvgIpc) is 2.34. The van der Waals surface area contributed by atoms with Gasteiger partial charge in [-0.15, -0.1) is 0 Å². The first-order valence-electron chi connectivity index (χ1n) is 5.97. The summed E-state index contributed by atoms with van der Waals surface area (Å²) in [7, 11) is -4.23. The molecule has 0 aromatic heterocycles. The molecular weight excluding hydrogens is 289 g/mol. The van der Waals surface area contributed by atoms with Gasteiger partial charge in [-0.1, -0.05) is 0 Å². The monoisotopic (exact) mass is 303 g/mol. The van der Waals surface area contributed by atoms with Crippen LogP contribution in [0.4, 0.5) is 4.39 Å². The van der Waals surface area contributed by atoms with E-state index in [-0.39, 0.29) is 12.2 Å². The van der Waals surface area contributed by atoms with Gasteiger partial charge < -0.3 is 10.2 Å². The van der Waals surface area contributed by atoms with Gasteiger partial charge in [-0.05, 0) is 37.5 Å². The molecule has 1 aromatic rings. The standard InChI is InChI=1S/C12H14FNO5S/c13-9-3-2-8(11(16)17)6-10(9)20(18,19)14-12(7-15)4-1-5-12/h2-3,6,14-15H,1,4-5,7H2,(H,16,17). The SMILES string of the molecule is O=C(O)c1ccc(F)c(S(=O)(=O)NC2(CO)CCC2)c1. The van der Waals surface area contributed by atoms with Crippen molar-refractivity contribution in [2.45, 2.75) is 29.7 Å². The predicted molar refractivity (Wildman–Crippen MR) is 67.3 cm³/mol. The number of hydrogen-bond acceptors (Lipinski definition) is 4. The van der Waals surface area contributed by atoms with Crippen molar-refractivity contribution in [2.75, 3.05) is 6.61 Å². The van der Waals surface area contributed by atoms with Crippen LogP contribution in [0.25, 0.3) is 0 Å². The van der Waals surface area contributed by atoms with Crippen LogP contribution in [0.5, 0.6) is 0 Å². The average molecular weight is 303 g/mol. The fraction of sp³-hybridized carbons (Fsp3) is 0.417. The Balaban J connectivity index is 2.38. The first-order chi connectivity index (χ1) is 9.30. The van der Waals surface area contributed by atoms with Gasteiger partial charge in [-0.2, -0.15) is 0 Å². The molecule has 1 aliphatic rings. The van der Waals surface area contributed by atoms with Gasteiger partial charge in [0.25, 0.3) is 0 Å². The van der Waals surface area contributed by atoms with Crippen LogP contribution in [0, 0.1) is 5.82 Å². The van der Waals surface area contributed by atoms with E-state index in [0.29, 0.717) is 12.8 Å². The van der Waals surface area contributed by atoms with Crippen LogP contribution in [0.3, 0.4) is 0 Å². The van der Waals surface area contributed by atoms with Crippen molar-refractivity contribution in [3.63, 3.8) is 0 Å². The van der Waals surface area contributed by atoms with Crippen LogP contribution >= 0.6 is 0 Å². The van der Waals surface area contributed by atoms with E-state index in [9.17, 15) is 22.7 Å². The second-order valence-electron chi connectivity index (χ2n) is 4.85. The number of aliphatic hydroxyl groups excluding tert-OH is 1. The maximum absolute atomic E-state index is 13.7. The van der Waals surface area contributed by atoms with Gasteiger partial charge in [0.2, 0.25) is 10.0 Å². The molecule has 1 aromatic carbocycles. The number of aromatic carboxylic acids is 1. The largest absolute Gasteiger partial charge is 0.478 e. The Labute approximate surface area is 115 Å². The minimum absolute atomic E-state index is 0.321. The third-order valence-electron chi connectivity index (χ3n) is 3.43. The van der Waals surface area contributed by atoms with Crippen LogP contribution in [-0.4, -0.2) is 36.7 Å². The van der Waals surface area contributed by atoms with Crippen LogP contribution in [0.2, 0.25) is 0 Å². The third kappa shape index (κ3) is 2.67. The minimum atomic E-state index is -4.23. The lowest BCUT2D eigenvalue weighted by Crippen LogP contribution is -2.56. The zero-order valence-corrected chi connectivity index (χ0v) is 11.3. The van der Waals surface area contributed by atoms with Crippen LogP contribution in [-0.2, 0) is 10.0 Å². The van der Waals surface area contributed by atoms with Crippen molar-refractivity contribution in [1.29, 1.82) is 0 Å². The van der Waals surface area contributed by atoms with E-state index in [4.69, 9.17) is 5.11 Å². The Hall–Kier alpha value is -1.51. The first kappa shape index (κ1) is 14.9. The lowest BCUT2D eigenvalue weighted by molar-refractivity contribution is 0.0696. The number of aliphatic hydroxyl groups is 1. The molecule has 20 heavy (non-hydrogen) atoms. The summed E-state index contributed by atoms with van der Waals surface area (Å²) in [6, 6.07) is 2.55. The smallest absolute Gasteiger partial charge is 0.335 e. The molecule has 8 heteroatoms. The summed E-state index contributed by atoms with van der Waals surface area (Å²) in [6.07, 6.45) is 1.69. The van der Waals surface area contributed by atoms with Gasteiger partial charge in [-0.25, -0.2) is 22.3 Å². The number of nitrogens with one attached hydrogen (secondary N) is 1. The van der Waals surface area contributed by atoms with Gasteiger partial charge in [0.05, 0.1) is 17.7 Å². The number of carbonyl (C=O) groups is 1. The number of sulfonamides is 1. The van der Waals surface area contributed by atoms with Gasteiger partial charge in [0.15, 0.2) is 0 Å². The first-order valence-corrected chi connectivity index (χ1v) is 7.46. The molecule has 0 radical (unpaired) electrons. The number of hydrogen-bond donors (Lipinski definition) is 3. The number of rotatable bonds is 5. The van der Waals surface area contributed by atoms with E-state index in [1.807, 2.05) is 0 Å². The highest BCUT2D eigenvalue weighted by molar-refractivity contribution is 7.89. The van der Waals surface area contributed by atoms with Crippen molar-refractivity contribution in [3.05, 3.63) is 29.6 Å². The van der Waals surface area contributed by atoms with E-state index in [2.05, 4.69) is 4.72 Å². The van der Waals surface area contributed by atoms with E-state index in [0.717, 1.165) is 24.6 Å². The van der Waals surface area contributed by atoms with Crippen LogP contribution in [0.15, 0.2) is 23.1 Å². The number of benzene rings is 1. The van der Waals surface area contributed by atoms with Crippen molar-refractivity contribution in [2.24, 2.45) is 0 Å². The topological polar surface area (TPSA) is 104 Å². The molecule has 0 heterocycles. The summed E-state index contributed by atoms with van der Waals surface area (Å²) in [5.41, 5.74) is -1.29. The van der Waals surface area contributed by atoms with Crippen molar-refractivity contribution >= 4 is 16.0 Å². The second-order valence-corrected chi connectivity index (χ2v) is 6.50. The third-order valence-corrected chi connectivity index (χ3v) is 5.03. The van der Waals surface area contributed by atoms with Gasteiger partial charge in [0, 0.05) is 0 Å². The highest BCUT2D eigenvalue weighted by Gasteiger charge is 2.41. The summed E-state index contributed by atoms with van der Waals surface area (Å²) >= 11 is 0. The van der Waals surface area contributed by atoms with Crippen LogP contribution < -0.4 is 4.72 Å². The second kappa shape index (κ2) is 5.12. The van der Waals surface area contributed by atoms with Gasteiger partial charge in [-0.3, -0.25) is 0 Å². The molecule has 0 atom stereocenters. The molecule has 6 nitrogen and oxygen atoms in total. The molecule has 110 valence electrons. The Morgan fingerprint density at radius 3 is 2.50 bits per heavy atom. The Kier molecular flexibility index (Phi) is 3.81. The summed E-state index contributed by atoms with van der Waals surface area (Å²) in [4.78, 5) is 10.1. The molecule has 0 spiro atoms. The summed E-state index contributed by atoms with van der Waals surface area (Å²) < 4.78 is 40.2. The molecule has 0 bridgehead atoms. The molecular formula is C12H14FNO5S.